The summed E-state index contributed by atoms with van der Waals surface area (Å²) in [5.74, 6) is 1.47. The van der Waals surface area contributed by atoms with Crippen LogP contribution in [0.2, 0.25) is 0 Å². The van der Waals surface area contributed by atoms with Gasteiger partial charge in [-0.2, -0.15) is 0 Å². The largest absolute Gasteiger partial charge is 0.466 e. The van der Waals surface area contributed by atoms with Crippen LogP contribution < -0.4 is 5.32 Å². The molecule has 18 heavy (non-hydrogen) atoms. The first-order valence-electron chi connectivity index (χ1n) is 6.13. The van der Waals surface area contributed by atoms with E-state index in [9.17, 15) is 0 Å². The molecule has 1 aromatic heterocycles. The zero-order valence-corrected chi connectivity index (χ0v) is 12.5. The average molecular weight is 308 g/mol. The van der Waals surface area contributed by atoms with Crippen molar-refractivity contribution in [3.63, 3.8) is 0 Å². The molecule has 0 fully saturated rings. The molecule has 2 rings (SSSR count). The molecular weight excluding hydrogens is 290 g/mol. The first-order valence-corrected chi connectivity index (χ1v) is 6.92. The van der Waals surface area contributed by atoms with Crippen LogP contribution in [-0.2, 0) is 0 Å². The second-order valence-electron chi connectivity index (χ2n) is 4.68. The van der Waals surface area contributed by atoms with E-state index < -0.39 is 0 Å². The first kappa shape index (κ1) is 13.4. The number of nitrogens with one attached hydrogen (secondary N) is 1. The van der Waals surface area contributed by atoms with Gasteiger partial charge >= 0.3 is 0 Å². The third-order valence-corrected chi connectivity index (χ3v) is 3.79. The second kappa shape index (κ2) is 5.72. The molecule has 0 spiro atoms. The number of rotatable bonds is 4. The van der Waals surface area contributed by atoms with E-state index >= 15 is 0 Å². The summed E-state index contributed by atoms with van der Waals surface area (Å²) in [4.78, 5) is 0. The summed E-state index contributed by atoms with van der Waals surface area (Å²) in [6.07, 6.45) is 1.70. The molecule has 1 aromatic carbocycles. The van der Waals surface area contributed by atoms with E-state index in [0.29, 0.717) is 5.92 Å². The van der Waals surface area contributed by atoms with Crippen molar-refractivity contribution in [2.45, 2.75) is 25.8 Å². The SMILES string of the molecule is CNC(c1ccc(C(C)C)cc1)c1occc1Br. The number of furan rings is 1. The molecule has 1 heterocycles. The maximum absolute atomic E-state index is 5.54. The Hall–Kier alpha value is -1.06. The molecule has 0 saturated heterocycles. The van der Waals surface area contributed by atoms with Gasteiger partial charge in [0.2, 0.25) is 0 Å². The molecular formula is C15H18BrNO. The lowest BCUT2D eigenvalue weighted by molar-refractivity contribution is 0.461. The monoisotopic (exact) mass is 307 g/mol. The molecule has 0 saturated carbocycles. The molecule has 2 nitrogen and oxygen atoms in total. The molecule has 0 radical (unpaired) electrons. The highest BCUT2D eigenvalue weighted by Gasteiger charge is 2.18. The van der Waals surface area contributed by atoms with E-state index in [1.165, 1.54) is 11.1 Å². The van der Waals surface area contributed by atoms with Crippen molar-refractivity contribution in [2.75, 3.05) is 7.05 Å². The van der Waals surface area contributed by atoms with Gasteiger partial charge in [0, 0.05) is 0 Å². The van der Waals surface area contributed by atoms with E-state index in [1.807, 2.05) is 13.1 Å². The Morgan fingerprint density at radius 3 is 2.11 bits per heavy atom. The lowest BCUT2D eigenvalue weighted by Crippen LogP contribution is -2.17. The predicted molar refractivity (Wildman–Crippen MR) is 77.8 cm³/mol. The van der Waals surface area contributed by atoms with E-state index in [1.54, 1.807) is 6.26 Å². The number of halogens is 1. The lowest BCUT2D eigenvalue weighted by atomic mass is 9.98. The van der Waals surface area contributed by atoms with Gasteiger partial charge in [0.15, 0.2) is 0 Å². The van der Waals surface area contributed by atoms with E-state index in [0.717, 1.165) is 10.2 Å². The lowest BCUT2D eigenvalue weighted by Gasteiger charge is -2.16. The average Bonchev–Trinajstić information content (AvgIpc) is 2.78. The molecule has 0 aliphatic carbocycles. The Morgan fingerprint density at radius 2 is 1.67 bits per heavy atom. The molecule has 0 aliphatic rings. The Kier molecular flexibility index (Phi) is 4.25. The summed E-state index contributed by atoms with van der Waals surface area (Å²) in [5.41, 5.74) is 2.56. The molecule has 96 valence electrons. The quantitative estimate of drug-likeness (QED) is 0.901. The maximum atomic E-state index is 5.54. The van der Waals surface area contributed by atoms with Crippen LogP contribution >= 0.6 is 15.9 Å². The van der Waals surface area contributed by atoms with Gasteiger partial charge in [-0.1, -0.05) is 38.1 Å². The summed E-state index contributed by atoms with van der Waals surface area (Å²) in [7, 11) is 1.94. The van der Waals surface area contributed by atoms with Gasteiger partial charge in [0.25, 0.3) is 0 Å². The van der Waals surface area contributed by atoms with Crippen molar-refractivity contribution in [3.8, 4) is 0 Å². The summed E-state index contributed by atoms with van der Waals surface area (Å²) in [6, 6.07) is 10.7. The summed E-state index contributed by atoms with van der Waals surface area (Å²) < 4.78 is 6.54. The fourth-order valence-corrected chi connectivity index (χ4v) is 2.46. The van der Waals surface area contributed by atoms with Crippen molar-refractivity contribution in [3.05, 3.63) is 58.0 Å². The van der Waals surface area contributed by atoms with E-state index in [2.05, 4.69) is 59.4 Å². The predicted octanol–water partition coefficient (Wildman–Crippen LogP) is 4.47. The van der Waals surface area contributed by atoms with Gasteiger partial charge in [-0.25, -0.2) is 0 Å². The third-order valence-electron chi connectivity index (χ3n) is 3.13. The van der Waals surface area contributed by atoms with Crippen molar-refractivity contribution in [1.82, 2.24) is 5.32 Å². The Bertz CT molecular complexity index is 501. The highest BCUT2D eigenvalue weighted by molar-refractivity contribution is 9.10. The third kappa shape index (κ3) is 2.68. The highest BCUT2D eigenvalue weighted by atomic mass is 79.9. The number of hydrogen-bond acceptors (Lipinski definition) is 2. The van der Waals surface area contributed by atoms with Crippen molar-refractivity contribution in [1.29, 1.82) is 0 Å². The molecule has 0 amide bonds. The standard InChI is InChI=1S/C15H18BrNO/c1-10(2)11-4-6-12(7-5-11)14(17-3)15-13(16)8-9-18-15/h4-10,14,17H,1-3H3. The molecule has 3 heteroatoms. The maximum Gasteiger partial charge on any atom is 0.139 e. The Labute approximate surface area is 117 Å². The zero-order valence-electron chi connectivity index (χ0n) is 10.9. The Balaban J connectivity index is 2.31. The van der Waals surface area contributed by atoms with Crippen LogP contribution in [0.3, 0.4) is 0 Å². The van der Waals surface area contributed by atoms with Gasteiger partial charge in [-0.15, -0.1) is 0 Å². The van der Waals surface area contributed by atoms with Crippen LogP contribution in [0.15, 0.2) is 45.5 Å². The summed E-state index contributed by atoms with van der Waals surface area (Å²) in [5, 5.41) is 3.29. The minimum Gasteiger partial charge on any atom is -0.466 e. The van der Waals surface area contributed by atoms with E-state index in [4.69, 9.17) is 4.42 Å². The summed E-state index contributed by atoms with van der Waals surface area (Å²) >= 11 is 3.51. The molecule has 2 aromatic rings. The molecule has 1 unspecified atom stereocenters. The highest BCUT2D eigenvalue weighted by Crippen LogP contribution is 2.30. The van der Waals surface area contributed by atoms with Crippen LogP contribution in [0.1, 0.15) is 42.7 Å². The van der Waals surface area contributed by atoms with Crippen LogP contribution in [-0.4, -0.2) is 7.05 Å². The fraction of sp³-hybridized carbons (Fsp3) is 0.333. The fourth-order valence-electron chi connectivity index (χ4n) is 2.03. The number of benzene rings is 1. The smallest absolute Gasteiger partial charge is 0.139 e. The van der Waals surface area contributed by atoms with Crippen LogP contribution in [0.4, 0.5) is 0 Å². The van der Waals surface area contributed by atoms with Crippen LogP contribution in [0.25, 0.3) is 0 Å². The molecule has 1 N–H and O–H groups in total. The van der Waals surface area contributed by atoms with Gasteiger partial charge in [-0.05, 0) is 46.1 Å². The Morgan fingerprint density at radius 1 is 1.06 bits per heavy atom. The second-order valence-corrected chi connectivity index (χ2v) is 5.53. The first-order chi connectivity index (χ1) is 8.63. The number of hydrogen-bond donors (Lipinski definition) is 1. The van der Waals surface area contributed by atoms with Crippen molar-refractivity contribution < 1.29 is 4.42 Å². The zero-order chi connectivity index (χ0) is 13.1. The van der Waals surface area contributed by atoms with Crippen LogP contribution in [0.5, 0.6) is 0 Å². The van der Waals surface area contributed by atoms with Gasteiger partial charge < -0.3 is 9.73 Å². The van der Waals surface area contributed by atoms with Crippen molar-refractivity contribution >= 4 is 15.9 Å². The topological polar surface area (TPSA) is 25.2 Å². The molecule has 0 aliphatic heterocycles. The van der Waals surface area contributed by atoms with Gasteiger partial charge in [-0.3, -0.25) is 0 Å². The van der Waals surface area contributed by atoms with Gasteiger partial charge in [0.1, 0.15) is 5.76 Å². The van der Waals surface area contributed by atoms with Gasteiger partial charge in [0.05, 0.1) is 16.8 Å². The summed E-state index contributed by atoms with van der Waals surface area (Å²) in [6.45, 7) is 4.40. The molecule has 1 atom stereocenters. The minimum atomic E-state index is 0.0792. The van der Waals surface area contributed by atoms with E-state index in [-0.39, 0.29) is 6.04 Å². The molecule has 0 bridgehead atoms. The van der Waals surface area contributed by atoms with Crippen LogP contribution in [0, 0.1) is 0 Å². The normalized spacial score (nSPS) is 12.9. The minimum absolute atomic E-state index is 0.0792. The van der Waals surface area contributed by atoms with Crippen molar-refractivity contribution in [2.24, 2.45) is 0 Å².